The molecule has 1 atom stereocenters. The Balaban J connectivity index is 5.31. The van der Waals surface area contributed by atoms with Gasteiger partial charge in [0.05, 0.1) is 0 Å². The minimum absolute atomic E-state index is 0.0249. The molecule has 102 valence electrons. The van der Waals surface area contributed by atoms with Crippen LogP contribution < -0.4 is 5.32 Å². The molecule has 0 aliphatic carbocycles. The molecule has 0 saturated carbocycles. The van der Waals surface area contributed by atoms with Gasteiger partial charge < -0.3 is 5.32 Å². The number of hydrogen-bond acceptors (Lipinski definition) is 1. The van der Waals surface area contributed by atoms with Crippen LogP contribution in [0, 0.1) is 5.92 Å². The molecule has 0 aromatic rings. The van der Waals surface area contributed by atoms with E-state index in [1.54, 1.807) is 0 Å². The van der Waals surface area contributed by atoms with Crippen molar-refractivity contribution in [1.29, 1.82) is 0 Å². The molecule has 0 spiro atoms. The summed E-state index contributed by atoms with van der Waals surface area (Å²) in [7, 11) is 0. The first-order chi connectivity index (χ1) is 7.50. The Morgan fingerprint density at radius 2 is 1.47 bits per heavy atom. The van der Waals surface area contributed by atoms with E-state index in [1.165, 1.54) is 20.8 Å². The number of hydrogen-bond donors (Lipinski definition) is 1. The first-order valence-electron chi connectivity index (χ1n) is 5.02. The van der Waals surface area contributed by atoms with Crippen molar-refractivity contribution in [3.05, 3.63) is 11.6 Å². The Morgan fingerprint density at radius 1 is 1.06 bits per heavy atom. The van der Waals surface area contributed by atoms with Crippen molar-refractivity contribution in [2.75, 3.05) is 6.54 Å². The second-order valence-electron chi connectivity index (χ2n) is 3.89. The number of nitrogens with one attached hydrogen (secondary N) is 1. The molecule has 0 amide bonds. The zero-order chi connectivity index (χ0) is 13.9. The topological polar surface area (TPSA) is 12.0 Å². The second kappa shape index (κ2) is 5.75. The minimum atomic E-state index is -5.32. The van der Waals surface area contributed by atoms with Crippen LogP contribution in [0.3, 0.4) is 0 Å². The SMILES string of the molecule is CCNC(C=C(C)C)C(C(F)(F)F)C(F)(F)F. The molecule has 0 radical (unpaired) electrons. The molecule has 1 N–H and O–H groups in total. The lowest BCUT2D eigenvalue weighted by molar-refractivity contribution is -0.288. The fourth-order valence-electron chi connectivity index (χ4n) is 1.46. The molecule has 0 aromatic heterocycles. The van der Waals surface area contributed by atoms with Crippen LogP contribution >= 0.6 is 0 Å². The zero-order valence-corrected chi connectivity index (χ0v) is 9.71. The largest absolute Gasteiger partial charge is 0.402 e. The van der Waals surface area contributed by atoms with Crippen LogP contribution in [0.5, 0.6) is 0 Å². The van der Waals surface area contributed by atoms with Crippen LogP contribution in [0.15, 0.2) is 11.6 Å². The molecule has 0 aliphatic heterocycles. The third kappa shape index (κ3) is 5.43. The van der Waals surface area contributed by atoms with E-state index < -0.39 is 24.3 Å². The summed E-state index contributed by atoms with van der Waals surface area (Å²) in [6.45, 7) is 4.38. The molecule has 0 heterocycles. The molecule has 0 saturated heterocycles. The fraction of sp³-hybridized carbons (Fsp3) is 0.800. The molecule has 7 heteroatoms. The van der Waals surface area contributed by atoms with Gasteiger partial charge in [0.25, 0.3) is 0 Å². The molecule has 1 unspecified atom stereocenters. The Hall–Kier alpha value is -0.720. The van der Waals surface area contributed by atoms with Gasteiger partial charge in [-0.3, -0.25) is 0 Å². The highest BCUT2D eigenvalue weighted by Crippen LogP contribution is 2.41. The Kier molecular flexibility index (Phi) is 5.51. The van der Waals surface area contributed by atoms with Crippen molar-refractivity contribution in [3.63, 3.8) is 0 Å². The van der Waals surface area contributed by atoms with Gasteiger partial charge in [0.15, 0.2) is 5.92 Å². The fourth-order valence-corrected chi connectivity index (χ4v) is 1.46. The lowest BCUT2D eigenvalue weighted by atomic mass is 9.96. The van der Waals surface area contributed by atoms with Crippen molar-refractivity contribution in [3.8, 4) is 0 Å². The monoisotopic (exact) mass is 263 g/mol. The van der Waals surface area contributed by atoms with Crippen LogP contribution in [-0.4, -0.2) is 24.9 Å². The predicted molar refractivity (Wildman–Crippen MR) is 52.5 cm³/mol. The van der Waals surface area contributed by atoms with E-state index in [0.717, 1.165) is 6.08 Å². The van der Waals surface area contributed by atoms with E-state index in [1.807, 2.05) is 0 Å². The number of rotatable bonds is 4. The molecule has 17 heavy (non-hydrogen) atoms. The number of alkyl halides is 6. The first-order valence-corrected chi connectivity index (χ1v) is 5.02. The van der Waals surface area contributed by atoms with Gasteiger partial charge in [0, 0.05) is 6.04 Å². The van der Waals surface area contributed by atoms with Crippen molar-refractivity contribution in [2.24, 2.45) is 5.92 Å². The summed E-state index contributed by atoms with van der Waals surface area (Å²) in [6, 6.07) is -1.79. The third-order valence-electron chi connectivity index (χ3n) is 2.02. The van der Waals surface area contributed by atoms with Gasteiger partial charge in [-0.15, -0.1) is 0 Å². The lowest BCUT2D eigenvalue weighted by Gasteiger charge is -2.29. The molecule has 0 fully saturated rings. The van der Waals surface area contributed by atoms with Gasteiger partial charge >= 0.3 is 12.4 Å². The van der Waals surface area contributed by atoms with E-state index in [0.29, 0.717) is 5.57 Å². The molecular formula is C10H15F6N. The van der Waals surface area contributed by atoms with Crippen LogP contribution in [0.2, 0.25) is 0 Å². The third-order valence-corrected chi connectivity index (χ3v) is 2.02. The molecular weight excluding hydrogens is 248 g/mol. The highest BCUT2D eigenvalue weighted by molar-refractivity contribution is 5.06. The normalized spacial score (nSPS) is 14.9. The highest BCUT2D eigenvalue weighted by Gasteiger charge is 2.59. The van der Waals surface area contributed by atoms with Crippen molar-refractivity contribution in [2.45, 2.75) is 39.2 Å². The Morgan fingerprint density at radius 3 is 1.71 bits per heavy atom. The molecule has 1 nitrogen and oxygen atoms in total. The summed E-state index contributed by atoms with van der Waals surface area (Å²) in [4.78, 5) is 0. The standard InChI is InChI=1S/C10H15F6N/c1-4-17-7(5-6(2)3)8(9(11,12)13)10(14,15)16/h5,7-8,17H,4H2,1-3H3. The summed E-state index contributed by atoms with van der Waals surface area (Å²) in [6.07, 6.45) is -9.69. The van der Waals surface area contributed by atoms with E-state index in [2.05, 4.69) is 5.32 Å². The van der Waals surface area contributed by atoms with E-state index in [4.69, 9.17) is 0 Å². The molecule has 0 aromatic carbocycles. The quantitative estimate of drug-likeness (QED) is 0.602. The van der Waals surface area contributed by atoms with E-state index in [9.17, 15) is 26.3 Å². The maximum Gasteiger partial charge on any atom is 0.402 e. The molecule has 0 bridgehead atoms. The summed E-state index contributed by atoms with van der Waals surface area (Å²) in [5, 5.41) is 2.21. The average molecular weight is 263 g/mol. The zero-order valence-electron chi connectivity index (χ0n) is 9.71. The van der Waals surface area contributed by atoms with Gasteiger partial charge in [0.2, 0.25) is 0 Å². The number of likely N-dealkylation sites (N-methyl/N-ethyl adjacent to an activating group) is 1. The van der Waals surface area contributed by atoms with Crippen LogP contribution in [0.25, 0.3) is 0 Å². The van der Waals surface area contributed by atoms with E-state index >= 15 is 0 Å². The predicted octanol–water partition coefficient (Wildman–Crippen LogP) is 3.67. The maximum absolute atomic E-state index is 12.5. The maximum atomic E-state index is 12.5. The van der Waals surface area contributed by atoms with Crippen LogP contribution in [0.4, 0.5) is 26.3 Å². The van der Waals surface area contributed by atoms with Gasteiger partial charge in [-0.25, -0.2) is 0 Å². The second-order valence-corrected chi connectivity index (χ2v) is 3.89. The summed E-state index contributed by atoms with van der Waals surface area (Å²) < 4.78 is 74.7. The van der Waals surface area contributed by atoms with Crippen LogP contribution in [0.1, 0.15) is 20.8 Å². The van der Waals surface area contributed by atoms with Gasteiger partial charge in [-0.1, -0.05) is 18.6 Å². The molecule has 0 aliphatic rings. The Bertz CT molecular complexity index is 247. The van der Waals surface area contributed by atoms with Gasteiger partial charge in [-0.2, -0.15) is 26.3 Å². The average Bonchev–Trinajstić information content (AvgIpc) is 1.96. The smallest absolute Gasteiger partial charge is 0.310 e. The van der Waals surface area contributed by atoms with Crippen LogP contribution in [-0.2, 0) is 0 Å². The van der Waals surface area contributed by atoms with Crippen molar-refractivity contribution < 1.29 is 26.3 Å². The lowest BCUT2D eigenvalue weighted by Crippen LogP contribution is -2.50. The highest BCUT2D eigenvalue weighted by atomic mass is 19.4. The van der Waals surface area contributed by atoms with Crippen molar-refractivity contribution >= 4 is 0 Å². The van der Waals surface area contributed by atoms with Crippen molar-refractivity contribution in [1.82, 2.24) is 5.32 Å². The first kappa shape index (κ1) is 16.3. The summed E-state index contributed by atoms with van der Waals surface area (Å²) in [5.74, 6) is -3.38. The van der Waals surface area contributed by atoms with Gasteiger partial charge in [0.1, 0.15) is 0 Å². The van der Waals surface area contributed by atoms with Gasteiger partial charge in [-0.05, 0) is 20.4 Å². The summed E-state index contributed by atoms with van der Waals surface area (Å²) >= 11 is 0. The molecule has 0 rings (SSSR count). The Labute approximate surface area is 95.9 Å². The van der Waals surface area contributed by atoms with E-state index in [-0.39, 0.29) is 6.54 Å². The minimum Gasteiger partial charge on any atom is -0.310 e. The summed E-state index contributed by atoms with van der Waals surface area (Å²) in [5.41, 5.74) is 0.398. The number of halogens is 6. The number of allylic oxidation sites excluding steroid dienone is 1.